The summed E-state index contributed by atoms with van der Waals surface area (Å²) in [5.41, 5.74) is 5.31. The molecule has 0 radical (unpaired) electrons. The number of nitrogens with two attached hydrogens (primary N) is 1. The summed E-state index contributed by atoms with van der Waals surface area (Å²) in [5.74, 6) is -2.49. The summed E-state index contributed by atoms with van der Waals surface area (Å²) < 4.78 is 32.5. The Balaban J connectivity index is 4.52. The molecular formula is C42H70NO10P. The van der Waals surface area contributed by atoms with E-state index in [2.05, 4.69) is 79.1 Å². The Morgan fingerprint density at radius 1 is 0.593 bits per heavy atom. The van der Waals surface area contributed by atoms with Crippen molar-refractivity contribution in [3.05, 3.63) is 72.9 Å². The maximum atomic E-state index is 12.5. The number of carboxylic acids is 1. The molecule has 0 aliphatic rings. The van der Waals surface area contributed by atoms with Crippen LogP contribution in [0.2, 0.25) is 0 Å². The van der Waals surface area contributed by atoms with Gasteiger partial charge in [0, 0.05) is 12.8 Å². The molecular weight excluding hydrogens is 709 g/mol. The van der Waals surface area contributed by atoms with Crippen LogP contribution >= 0.6 is 7.82 Å². The van der Waals surface area contributed by atoms with Gasteiger partial charge in [-0.2, -0.15) is 0 Å². The van der Waals surface area contributed by atoms with Crippen LogP contribution in [0, 0.1) is 0 Å². The standard InChI is InChI=1S/C42H70NO10P/c1-3-5-7-9-11-13-15-16-17-18-19-20-21-22-24-25-27-29-31-33-40(44)50-35-38(36-51-54(48,49)52-37-39(43)42(46)47)53-41(45)34-32-30-28-26-23-14-12-10-8-6-4-2/h5,7,11,13,16-17,19-20,22,24,27,29,38-39H,3-4,6,8-10,12,14-15,18,21,23,25-26,28,30-37,43H2,1-2H3,(H,46,47)(H,48,49)/b7-5-,13-11-,17-16-,20-19-,24-22-,29-27-/t38-,39+/m1/s1. The zero-order valence-electron chi connectivity index (χ0n) is 33.0. The van der Waals surface area contributed by atoms with Crippen LogP contribution in [0.4, 0.5) is 0 Å². The highest BCUT2D eigenvalue weighted by molar-refractivity contribution is 7.47. The zero-order valence-corrected chi connectivity index (χ0v) is 33.9. The second-order valence-electron chi connectivity index (χ2n) is 13.0. The summed E-state index contributed by atoms with van der Waals surface area (Å²) in [7, 11) is -4.73. The van der Waals surface area contributed by atoms with Crippen LogP contribution in [0.1, 0.15) is 142 Å². The van der Waals surface area contributed by atoms with Gasteiger partial charge in [-0.3, -0.25) is 23.4 Å². The molecule has 54 heavy (non-hydrogen) atoms. The van der Waals surface area contributed by atoms with Crippen molar-refractivity contribution in [2.45, 2.75) is 154 Å². The third-order valence-corrected chi connectivity index (χ3v) is 8.93. The number of unbranched alkanes of at least 4 members (excludes halogenated alkanes) is 10. The topological polar surface area (TPSA) is 172 Å². The Kier molecular flexibility index (Phi) is 34.8. The summed E-state index contributed by atoms with van der Waals surface area (Å²) in [6.07, 6.45) is 42.7. The van der Waals surface area contributed by atoms with Crippen molar-refractivity contribution in [3.63, 3.8) is 0 Å². The largest absolute Gasteiger partial charge is 0.480 e. The number of carbonyl (C=O) groups excluding carboxylic acids is 2. The lowest BCUT2D eigenvalue weighted by atomic mass is 10.1. The smallest absolute Gasteiger partial charge is 0.472 e. The number of ether oxygens (including phenoxy) is 2. The molecule has 11 nitrogen and oxygen atoms in total. The van der Waals surface area contributed by atoms with Crippen molar-refractivity contribution in [1.29, 1.82) is 0 Å². The van der Waals surface area contributed by atoms with E-state index in [1.807, 2.05) is 12.2 Å². The second-order valence-corrected chi connectivity index (χ2v) is 14.5. The van der Waals surface area contributed by atoms with E-state index in [9.17, 15) is 23.8 Å². The first-order valence-corrected chi connectivity index (χ1v) is 21.5. The molecule has 0 rings (SSSR count). The van der Waals surface area contributed by atoms with E-state index in [1.54, 1.807) is 0 Å². The molecule has 0 bridgehead atoms. The average molecular weight is 780 g/mol. The first-order chi connectivity index (χ1) is 26.1. The Bertz CT molecular complexity index is 1190. The van der Waals surface area contributed by atoms with Gasteiger partial charge in [0.15, 0.2) is 6.10 Å². The third-order valence-electron chi connectivity index (χ3n) is 7.98. The number of esters is 2. The fourth-order valence-corrected chi connectivity index (χ4v) is 5.63. The number of hydrogen-bond donors (Lipinski definition) is 3. The lowest BCUT2D eigenvalue weighted by molar-refractivity contribution is -0.161. The van der Waals surface area contributed by atoms with Gasteiger partial charge >= 0.3 is 25.7 Å². The number of allylic oxidation sites excluding steroid dienone is 12. The molecule has 0 aliphatic heterocycles. The summed E-state index contributed by atoms with van der Waals surface area (Å²) in [6.45, 7) is 2.57. The van der Waals surface area contributed by atoms with E-state index in [4.69, 9.17) is 24.8 Å². The van der Waals surface area contributed by atoms with Crippen molar-refractivity contribution in [3.8, 4) is 0 Å². The Morgan fingerprint density at radius 3 is 1.52 bits per heavy atom. The van der Waals surface area contributed by atoms with Gasteiger partial charge in [0.05, 0.1) is 13.2 Å². The average Bonchev–Trinajstić information content (AvgIpc) is 3.14. The van der Waals surface area contributed by atoms with Crippen LogP contribution in [-0.4, -0.2) is 59.9 Å². The highest BCUT2D eigenvalue weighted by atomic mass is 31.2. The van der Waals surface area contributed by atoms with Gasteiger partial charge in [-0.25, -0.2) is 4.57 Å². The van der Waals surface area contributed by atoms with E-state index < -0.39 is 51.1 Å². The number of carbonyl (C=O) groups is 3. The minimum absolute atomic E-state index is 0.0944. The minimum atomic E-state index is -4.73. The molecule has 0 fully saturated rings. The molecule has 4 N–H and O–H groups in total. The van der Waals surface area contributed by atoms with E-state index in [0.717, 1.165) is 57.8 Å². The van der Waals surface area contributed by atoms with Crippen LogP contribution in [-0.2, 0) is 37.5 Å². The minimum Gasteiger partial charge on any atom is -0.480 e. The number of hydrogen-bond acceptors (Lipinski definition) is 9. The predicted molar refractivity (Wildman–Crippen MR) is 217 cm³/mol. The Morgan fingerprint density at radius 2 is 1.04 bits per heavy atom. The fraction of sp³-hybridized carbons (Fsp3) is 0.643. The van der Waals surface area contributed by atoms with E-state index in [-0.39, 0.29) is 19.4 Å². The van der Waals surface area contributed by atoms with Crippen LogP contribution in [0.25, 0.3) is 0 Å². The third kappa shape index (κ3) is 35.9. The number of aliphatic carboxylic acids is 1. The summed E-state index contributed by atoms with van der Waals surface area (Å²) in [5, 5.41) is 8.86. The molecule has 0 saturated carbocycles. The molecule has 3 atom stereocenters. The molecule has 308 valence electrons. The maximum Gasteiger partial charge on any atom is 0.472 e. The lowest BCUT2D eigenvalue weighted by Gasteiger charge is -2.20. The molecule has 0 aromatic rings. The van der Waals surface area contributed by atoms with Gasteiger partial charge in [0.2, 0.25) is 0 Å². The monoisotopic (exact) mass is 779 g/mol. The Labute approximate surface area is 325 Å². The second kappa shape index (κ2) is 36.9. The van der Waals surface area contributed by atoms with Crippen LogP contribution in [0.3, 0.4) is 0 Å². The highest BCUT2D eigenvalue weighted by Gasteiger charge is 2.28. The number of phosphoric acid groups is 1. The molecule has 0 aromatic heterocycles. The molecule has 0 aromatic carbocycles. The van der Waals surface area contributed by atoms with E-state index in [0.29, 0.717) is 12.8 Å². The van der Waals surface area contributed by atoms with Gasteiger partial charge in [-0.1, -0.05) is 151 Å². The summed E-state index contributed by atoms with van der Waals surface area (Å²) in [4.78, 5) is 45.7. The molecule has 12 heteroatoms. The maximum absolute atomic E-state index is 12.5. The van der Waals surface area contributed by atoms with Crippen LogP contribution in [0.5, 0.6) is 0 Å². The zero-order chi connectivity index (χ0) is 40.0. The fourth-order valence-electron chi connectivity index (χ4n) is 4.85. The van der Waals surface area contributed by atoms with E-state index in [1.165, 1.54) is 44.9 Å². The van der Waals surface area contributed by atoms with Gasteiger partial charge in [0.1, 0.15) is 12.6 Å². The van der Waals surface area contributed by atoms with Crippen LogP contribution in [0.15, 0.2) is 72.9 Å². The Hall–Kier alpha value is -3.08. The predicted octanol–water partition coefficient (Wildman–Crippen LogP) is 10.2. The highest BCUT2D eigenvalue weighted by Crippen LogP contribution is 2.43. The molecule has 0 spiro atoms. The summed E-state index contributed by atoms with van der Waals surface area (Å²) in [6, 6.07) is -1.53. The number of carboxylic acid groups (broad SMARTS) is 1. The van der Waals surface area contributed by atoms with Crippen LogP contribution < -0.4 is 5.73 Å². The lowest BCUT2D eigenvalue weighted by Crippen LogP contribution is -2.34. The van der Waals surface area contributed by atoms with Crippen molar-refractivity contribution >= 4 is 25.7 Å². The molecule has 0 aliphatic carbocycles. The first-order valence-electron chi connectivity index (χ1n) is 20.0. The number of phosphoric ester groups is 1. The van der Waals surface area contributed by atoms with Crippen molar-refractivity contribution < 1.29 is 47.5 Å². The van der Waals surface area contributed by atoms with E-state index >= 15 is 0 Å². The molecule has 0 heterocycles. The van der Waals surface area contributed by atoms with Gasteiger partial charge in [-0.05, 0) is 51.4 Å². The summed E-state index contributed by atoms with van der Waals surface area (Å²) >= 11 is 0. The molecule has 0 saturated heterocycles. The van der Waals surface area contributed by atoms with Gasteiger partial charge in [0.25, 0.3) is 0 Å². The number of rotatable bonds is 36. The quantitative estimate of drug-likeness (QED) is 0.0239. The first kappa shape index (κ1) is 50.9. The normalized spacial score (nSPS) is 14.6. The van der Waals surface area contributed by atoms with Crippen molar-refractivity contribution in [2.24, 2.45) is 5.73 Å². The SMILES string of the molecule is CC/C=C\C/C=C\C/C=C\C/C=C\C/C=C\C/C=C\CCC(=O)OC[C@H](COP(=O)(O)OC[C@H](N)C(=O)O)OC(=O)CCCCCCCCCCCCC. The molecule has 1 unspecified atom stereocenters. The van der Waals surface area contributed by atoms with Crippen molar-refractivity contribution in [1.82, 2.24) is 0 Å². The molecule has 0 amide bonds. The van der Waals surface area contributed by atoms with Gasteiger partial charge in [-0.15, -0.1) is 0 Å². The van der Waals surface area contributed by atoms with Crippen molar-refractivity contribution in [2.75, 3.05) is 19.8 Å². The van der Waals surface area contributed by atoms with Gasteiger partial charge < -0.3 is 25.2 Å².